The number of aromatic nitrogens is 6. The van der Waals surface area contributed by atoms with Crippen LogP contribution < -0.4 is 0 Å². The minimum absolute atomic E-state index is 0.748. The third-order valence-electron chi connectivity index (χ3n) is 3.76. The molecule has 0 aliphatic carbocycles. The van der Waals surface area contributed by atoms with Gasteiger partial charge in [0, 0.05) is 41.8 Å². The van der Waals surface area contributed by atoms with E-state index in [4.69, 9.17) is 0 Å². The van der Waals surface area contributed by atoms with Crippen LogP contribution in [0.15, 0.2) is 59.5 Å². The van der Waals surface area contributed by atoms with E-state index in [0.29, 0.717) is 0 Å². The monoisotopic (exact) mass is 380 g/mol. The summed E-state index contributed by atoms with van der Waals surface area (Å²) in [6.07, 6.45) is 5.33. The highest BCUT2D eigenvalue weighted by molar-refractivity contribution is 7.98. The lowest BCUT2D eigenvalue weighted by molar-refractivity contribution is 0.687. The molecular weight excluding hydrogens is 364 g/mol. The molecule has 0 amide bonds. The second-order valence-corrected chi connectivity index (χ2v) is 7.23. The van der Waals surface area contributed by atoms with E-state index < -0.39 is 0 Å². The number of thiazole rings is 1. The molecule has 0 saturated heterocycles. The first-order chi connectivity index (χ1) is 12.8. The Labute approximate surface area is 159 Å². The second kappa shape index (κ2) is 7.76. The van der Waals surface area contributed by atoms with E-state index in [0.717, 1.165) is 45.2 Å². The molecule has 0 aliphatic rings. The molecule has 26 heavy (non-hydrogen) atoms. The van der Waals surface area contributed by atoms with Gasteiger partial charge in [-0.1, -0.05) is 17.8 Å². The molecule has 0 aromatic carbocycles. The van der Waals surface area contributed by atoms with Crippen molar-refractivity contribution in [3.8, 4) is 22.1 Å². The molecule has 4 heterocycles. The molecule has 4 aromatic rings. The van der Waals surface area contributed by atoms with E-state index in [9.17, 15) is 0 Å². The summed E-state index contributed by atoms with van der Waals surface area (Å²) in [7, 11) is 0. The van der Waals surface area contributed by atoms with E-state index in [2.05, 4.69) is 42.0 Å². The van der Waals surface area contributed by atoms with E-state index in [1.807, 2.05) is 30.3 Å². The lowest BCUT2D eigenvalue weighted by atomic mass is 10.2. The normalized spacial score (nSPS) is 11.0. The van der Waals surface area contributed by atoms with E-state index in [1.165, 1.54) is 0 Å². The van der Waals surface area contributed by atoms with Crippen LogP contribution in [0, 0.1) is 0 Å². The maximum absolute atomic E-state index is 4.69. The Hall–Kier alpha value is -2.58. The Kier molecular flexibility index (Phi) is 5.03. The van der Waals surface area contributed by atoms with Gasteiger partial charge in [-0.05, 0) is 31.2 Å². The zero-order valence-corrected chi connectivity index (χ0v) is 15.7. The number of thioether (sulfide) groups is 1. The average molecular weight is 381 g/mol. The van der Waals surface area contributed by atoms with Crippen LogP contribution >= 0.6 is 23.1 Å². The predicted octanol–water partition coefficient (Wildman–Crippen LogP) is 4.17. The Morgan fingerprint density at radius 3 is 2.73 bits per heavy atom. The fourth-order valence-electron chi connectivity index (χ4n) is 2.51. The van der Waals surface area contributed by atoms with Gasteiger partial charge in [-0.15, -0.1) is 21.5 Å². The van der Waals surface area contributed by atoms with E-state index in [-0.39, 0.29) is 0 Å². The van der Waals surface area contributed by atoms with Crippen LogP contribution in [0.2, 0.25) is 0 Å². The summed E-state index contributed by atoms with van der Waals surface area (Å²) in [5.41, 5.74) is 2.95. The third-order valence-corrected chi connectivity index (χ3v) is 5.67. The molecular formula is C18H16N6S2. The van der Waals surface area contributed by atoms with Crippen LogP contribution in [0.1, 0.15) is 12.6 Å². The van der Waals surface area contributed by atoms with Gasteiger partial charge >= 0.3 is 0 Å². The van der Waals surface area contributed by atoms with Crippen LogP contribution in [-0.2, 0) is 12.3 Å². The first-order valence-electron chi connectivity index (χ1n) is 8.17. The smallest absolute Gasteiger partial charge is 0.191 e. The molecule has 0 radical (unpaired) electrons. The highest BCUT2D eigenvalue weighted by Crippen LogP contribution is 2.28. The van der Waals surface area contributed by atoms with Crippen molar-refractivity contribution in [2.75, 3.05) is 0 Å². The van der Waals surface area contributed by atoms with Gasteiger partial charge in [-0.2, -0.15) is 0 Å². The van der Waals surface area contributed by atoms with Gasteiger partial charge < -0.3 is 4.57 Å². The third kappa shape index (κ3) is 3.51. The van der Waals surface area contributed by atoms with Crippen molar-refractivity contribution in [1.29, 1.82) is 0 Å². The maximum Gasteiger partial charge on any atom is 0.191 e. The van der Waals surface area contributed by atoms with Crippen molar-refractivity contribution >= 4 is 23.1 Å². The number of nitrogens with zero attached hydrogens (tertiary/aromatic N) is 6. The molecule has 0 aliphatic heterocycles. The number of rotatable bonds is 6. The molecule has 4 rings (SSSR count). The molecule has 8 heteroatoms. The highest BCUT2D eigenvalue weighted by Gasteiger charge is 2.14. The molecule has 4 aromatic heterocycles. The summed E-state index contributed by atoms with van der Waals surface area (Å²) in [5, 5.41) is 12.6. The van der Waals surface area contributed by atoms with Crippen LogP contribution in [-0.4, -0.2) is 29.7 Å². The molecule has 130 valence electrons. The van der Waals surface area contributed by atoms with Crippen molar-refractivity contribution in [3.05, 3.63) is 60.0 Å². The molecule has 6 nitrogen and oxygen atoms in total. The minimum Gasteiger partial charge on any atom is -0.302 e. The second-order valence-electron chi connectivity index (χ2n) is 5.43. The van der Waals surface area contributed by atoms with Crippen molar-refractivity contribution in [1.82, 2.24) is 29.7 Å². The largest absolute Gasteiger partial charge is 0.302 e. The minimum atomic E-state index is 0.748. The summed E-state index contributed by atoms with van der Waals surface area (Å²) >= 11 is 3.26. The first-order valence-corrected chi connectivity index (χ1v) is 10.0. The molecule has 0 fully saturated rings. The Balaban J connectivity index is 1.50. The van der Waals surface area contributed by atoms with Gasteiger partial charge in [0.1, 0.15) is 5.01 Å². The number of hydrogen-bond donors (Lipinski definition) is 0. The molecule has 0 saturated carbocycles. The lowest BCUT2D eigenvalue weighted by Gasteiger charge is -2.06. The average Bonchev–Trinajstić information content (AvgIpc) is 3.34. The summed E-state index contributed by atoms with van der Waals surface area (Å²) < 4.78 is 2.12. The summed E-state index contributed by atoms with van der Waals surface area (Å²) in [5.74, 6) is 1.61. The van der Waals surface area contributed by atoms with Crippen molar-refractivity contribution in [2.24, 2.45) is 0 Å². The quantitative estimate of drug-likeness (QED) is 0.468. The summed E-state index contributed by atoms with van der Waals surface area (Å²) in [6.45, 7) is 2.91. The van der Waals surface area contributed by atoms with Gasteiger partial charge in [-0.25, -0.2) is 4.98 Å². The van der Waals surface area contributed by atoms with E-state index in [1.54, 1.807) is 41.7 Å². The van der Waals surface area contributed by atoms with Crippen LogP contribution in [0.3, 0.4) is 0 Å². The van der Waals surface area contributed by atoms with Crippen molar-refractivity contribution in [2.45, 2.75) is 24.4 Å². The number of hydrogen-bond acceptors (Lipinski definition) is 7. The van der Waals surface area contributed by atoms with E-state index >= 15 is 0 Å². The Bertz CT molecular complexity index is 981. The molecule has 0 bridgehead atoms. The van der Waals surface area contributed by atoms with Gasteiger partial charge in [0.2, 0.25) is 0 Å². The van der Waals surface area contributed by atoms with Crippen LogP contribution in [0.4, 0.5) is 0 Å². The topological polar surface area (TPSA) is 69.4 Å². The fourth-order valence-corrected chi connectivity index (χ4v) is 4.31. The first kappa shape index (κ1) is 16.9. The van der Waals surface area contributed by atoms with Crippen LogP contribution in [0.25, 0.3) is 22.1 Å². The fraction of sp³-hybridized carbons (Fsp3) is 0.167. The zero-order valence-electron chi connectivity index (χ0n) is 14.1. The predicted molar refractivity (Wildman–Crippen MR) is 104 cm³/mol. The number of pyridine rings is 2. The van der Waals surface area contributed by atoms with Gasteiger partial charge in [0.25, 0.3) is 0 Å². The molecule has 0 N–H and O–H groups in total. The molecule has 0 unspecified atom stereocenters. The van der Waals surface area contributed by atoms with Crippen LogP contribution in [0.5, 0.6) is 0 Å². The van der Waals surface area contributed by atoms with Crippen molar-refractivity contribution in [3.63, 3.8) is 0 Å². The van der Waals surface area contributed by atoms with Crippen molar-refractivity contribution < 1.29 is 0 Å². The van der Waals surface area contributed by atoms with Gasteiger partial charge in [-0.3, -0.25) is 9.97 Å². The lowest BCUT2D eigenvalue weighted by Crippen LogP contribution is -2.00. The van der Waals surface area contributed by atoms with Gasteiger partial charge in [0.15, 0.2) is 11.0 Å². The highest BCUT2D eigenvalue weighted by atomic mass is 32.2. The Morgan fingerprint density at radius 1 is 1.08 bits per heavy atom. The summed E-state index contributed by atoms with van der Waals surface area (Å²) in [6, 6.07) is 9.76. The molecule has 0 spiro atoms. The maximum atomic E-state index is 4.69. The SMILES string of the molecule is CCn1c(SCc2csc(-c3ccccn3)n2)nnc1-c1ccncc1. The van der Waals surface area contributed by atoms with Gasteiger partial charge in [0.05, 0.1) is 11.4 Å². The molecule has 0 atom stereocenters. The standard InChI is InChI=1S/C18H16N6S2/c1-2-24-16(13-6-9-19-10-7-13)22-23-18(24)26-12-14-11-25-17(21-14)15-5-3-4-8-20-15/h3-11H,2,12H2,1H3. The summed E-state index contributed by atoms with van der Waals surface area (Å²) in [4.78, 5) is 13.1. The zero-order chi connectivity index (χ0) is 17.8. The Morgan fingerprint density at radius 2 is 1.96 bits per heavy atom.